The molecule has 0 aliphatic heterocycles. The van der Waals surface area contributed by atoms with Crippen LogP contribution in [0.15, 0.2) is 42.9 Å². The van der Waals surface area contributed by atoms with Crippen molar-refractivity contribution in [1.82, 2.24) is 19.0 Å². The number of rotatable bonds is 2. The normalized spacial score (nSPS) is 11.4. The number of nitrogens with zero attached hydrogens (tertiary/aromatic N) is 4. The molecule has 0 unspecified atom stereocenters. The van der Waals surface area contributed by atoms with Gasteiger partial charge in [-0.1, -0.05) is 6.07 Å². The summed E-state index contributed by atoms with van der Waals surface area (Å²) in [5, 5.41) is 4.90. The van der Waals surface area contributed by atoms with Gasteiger partial charge in [0.05, 0.1) is 19.0 Å². The Morgan fingerprint density at radius 1 is 1.26 bits per heavy atom. The molecule has 0 amide bonds. The van der Waals surface area contributed by atoms with Crippen LogP contribution in [0, 0.1) is 0 Å². The van der Waals surface area contributed by atoms with Crippen molar-refractivity contribution in [3.63, 3.8) is 0 Å². The molecular formula is C13H10N4OS. The molecule has 19 heavy (non-hydrogen) atoms. The number of aromatic nitrogens is 4. The van der Waals surface area contributed by atoms with Crippen molar-refractivity contribution >= 4 is 21.8 Å². The van der Waals surface area contributed by atoms with E-state index in [2.05, 4.69) is 32.8 Å². The number of hydrogen-bond acceptors (Lipinski definition) is 4. The Hall–Kier alpha value is -2.34. The van der Waals surface area contributed by atoms with Gasteiger partial charge in [0, 0.05) is 23.5 Å². The fraction of sp³-hybridized carbons (Fsp3) is 0.0769. The van der Waals surface area contributed by atoms with Gasteiger partial charge in [-0.3, -0.25) is 0 Å². The molecule has 4 rings (SSSR count). The number of fused-ring (bicyclic) bond motifs is 2. The maximum Gasteiger partial charge on any atom is 0.294 e. The van der Waals surface area contributed by atoms with E-state index in [0.717, 1.165) is 21.7 Å². The van der Waals surface area contributed by atoms with E-state index >= 15 is 0 Å². The quantitative estimate of drug-likeness (QED) is 0.562. The summed E-state index contributed by atoms with van der Waals surface area (Å²) in [6.45, 7) is 0. The molecule has 94 valence electrons. The maximum atomic E-state index is 5.09. The second-order valence-electron chi connectivity index (χ2n) is 4.19. The summed E-state index contributed by atoms with van der Waals surface area (Å²) in [5.74, 6) is 0. The number of pyridine rings is 1. The first-order chi connectivity index (χ1) is 9.33. The van der Waals surface area contributed by atoms with E-state index in [-0.39, 0.29) is 0 Å². The molecule has 0 spiro atoms. The van der Waals surface area contributed by atoms with Gasteiger partial charge in [0.1, 0.15) is 0 Å². The summed E-state index contributed by atoms with van der Waals surface area (Å²) in [6, 6.07) is 8.22. The van der Waals surface area contributed by atoms with Crippen LogP contribution in [0.3, 0.4) is 0 Å². The standard InChI is InChI=1S/C13H10N4OS/c1-18-13-15-17-8-11(14-12(17)19-13)9-6-10-4-2-3-5-16(10)7-9/h2-8H,1H3. The van der Waals surface area contributed by atoms with Gasteiger partial charge in [0.15, 0.2) is 0 Å². The van der Waals surface area contributed by atoms with Crippen molar-refractivity contribution in [3.05, 3.63) is 42.9 Å². The molecule has 4 aromatic heterocycles. The summed E-state index contributed by atoms with van der Waals surface area (Å²) < 4.78 is 8.92. The number of methoxy groups -OCH3 is 1. The van der Waals surface area contributed by atoms with E-state index in [9.17, 15) is 0 Å². The predicted molar refractivity (Wildman–Crippen MR) is 73.8 cm³/mol. The van der Waals surface area contributed by atoms with Crippen LogP contribution < -0.4 is 4.74 Å². The molecule has 0 aliphatic carbocycles. The second kappa shape index (κ2) is 3.83. The van der Waals surface area contributed by atoms with E-state index in [1.54, 1.807) is 11.6 Å². The van der Waals surface area contributed by atoms with Gasteiger partial charge in [-0.2, -0.15) is 0 Å². The average molecular weight is 270 g/mol. The molecule has 0 aromatic carbocycles. The molecule has 0 atom stereocenters. The van der Waals surface area contributed by atoms with Crippen LogP contribution in [-0.4, -0.2) is 26.1 Å². The highest BCUT2D eigenvalue weighted by Crippen LogP contribution is 2.26. The van der Waals surface area contributed by atoms with Crippen molar-refractivity contribution in [2.24, 2.45) is 0 Å². The highest BCUT2D eigenvalue weighted by Gasteiger charge is 2.11. The third-order valence-corrected chi connectivity index (χ3v) is 3.88. The van der Waals surface area contributed by atoms with Crippen molar-refractivity contribution in [2.45, 2.75) is 0 Å². The molecule has 0 radical (unpaired) electrons. The van der Waals surface area contributed by atoms with Crippen LogP contribution in [0.5, 0.6) is 5.19 Å². The van der Waals surface area contributed by atoms with Gasteiger partial charge >= 0.3 is 0 Å². The van der Waals surface area contributed by atoms with E-state index in [0.29, 0.717) is 5.19 Å². The van der Waals surface area contributed by atoms with Crippen molar-refractivity contribution in [1.29, 1.82) is 0 Å². The Morgan fingerprint density at radius 3 is 3.00 bits per heavy atom. The summed E-state index contributed by atoms with van der Waals surface area (Å²) in [4.78, 5) is 5.41. The Morgan fingerprint density at radius 2 is 2.21 bits per heavy atom. The van der Waals surface area contributed by atoms with Crippen LogP contribution >= 0.6 is 11.3 Å². The van der Waals surface area contributed by atoms with Crippen molar-refractivity contribution in [2.75, 3.05) is 7.11 Å². The molecule has 0 saturated heterocycles. The SMILES string of the molecule is COc1nn2cc(-c3cc4ccccn4c3)nc2s1. The van der Waals surface area contributed by atoms with Crippen LogP contribution in [0.25, 0.3) is 21.7 Å². The molecule has 0 N–H and O–H groups in total. The van der Waals surface area contributed by atoms with Gasteiger partial charge in [0.2, 0.25) is 4.96 Å². The van der Waals surface area contributed by atoms with Gasteiger partial charge in [-0.05, 0) is 29.5 Å². The third kappa shape index (κ3) is 1.61. The van der Waals surface area contributed by atoms with E-state index in [1.807, 2.05) is 24.5 Å². The second-order valence-corrected chi connectivity index (χ2v) is 5.11. The molecule has 5 nitrogen and oxygen atoms in total. The smallest absolute Gasteiger partial charge is 0.294 e. The van der Waals surface area contributed by atoms with Crippen LogP contribution in [0.1, 0.15) is 0 Å². The molecule has 6 heteroatoms. The van der Waals surface area contributed by atoms with Gasteiger partial charge in [-0.25, -0.2) is 9.50 Å². The number of hydrogen-bond donors (Lipinski definition) is 0. The molecule has 4 heterocycles. The average Bonchev–Trinajstić information content (AvgIpc) is 3.09. The highest BCUT2D eigenvalue weighted by atomic mass is 32.1. The molecule has 4 aromatic rings. The first-order valence-corrected chi connectivity index (χ1v) is 6.62. The zero-order valence-electron chi connectivity index (χ0n) is 10.1. The lowest BCUT2D eigenvalue weighted by Crippen LogP contribution is -1.84. The van der Waals surface area contributed by atoms with Gasteiger partial charge in [0.25, 0.3) is 5.19 Å². The van der Waals surface area contributed by atoms with E-state index in [1.165, 1.54) is 11.3 Å². The van der Waals surface area contributed by atoms with Crippen LogP contribution in [0.4, 0.5) is 0 Å². The summed E-state index contributed by atoms with van der Waals surface area (Å²) in [6.07, 6.45) is 6.01. The number of imidazole rings is 1. The minimum absolute atomic E-state index is 0.621. The summed E-state index contributed by atoms with van der Waals surface area (Å²) in [5.41, 5.74) is 3.16. The Bertz CT molecular complexity index is 809. The molecule has 0 aliphatic rings. The van der Waals surface area contributed by atoms with E-state index in [4.69, 9.17) is 4.74 Å². The van der Waals surface area contributed by atoms with E-state index < -0.39 is 0 Å². The monoisotopic (exact) mass is 270 g/mol. The first-order valence-electron chi connectivity index (χ1n) is 5.81. The largest absolute Gasteiger partial charge is 0.472 e. The molecule has 0 bridgehead atoms. The lowest BCUT2D eigenvalue weighted by Gasteiger charge is -1.89. The fourth-order valence-corrected chi connectivity index (χ4v) is 2.80. The Balaban J connectivity index is 1.86. The third-order valence-electron chi connectivity index (χ3n) is 3.00. The molecular weight excluding hydrogens is 260 g/mol. The van der Waals surface area contributed by atoms with Gasteiger partial charge < -0.3 is 9.14 Å². The Labute approximate surface area is 112 Å². The summed E-state index contributed by atoms with van der Waals surface area (Å²) in [7, 11) is 1.61. The zero-order valence-corrected chi connectivity index (χ0v) is 11.0. The fourth-order valence-electron chi connectivity index (χ4n) is 2.10. The number of ether oxygens (including phenoxy) is 1. The van der Waals surface area contributed by atoms with Crippen LogP contribution in [0.2, 0.25) is 0 Å². The predicted octanol–water partition coefficient (Wildman–Crippen LogP) is 2.72. The van der Waals surface area contributed by atoms with Gasteiger partial charge in [-0.15, -0.1) is 5.10 Å². The van der Waals surface area contributed by atoms with Crippen molar-refractivity contribution in [3.8, 4) is 16.5 Å². The maximum absolute atomic E-state index is 5.09. The lowest BCUT2D eigenvalue weighted by atomic mass is 10.2. The first kappa shape index (κ1) is 10.6. The summed E-state index contributed by atoms with van der Waals surface area (Å²) >= 11 is 1.43. The van der Waals surface area contributed by atoms with Crippen molar-refractivity contribution < 1.29 is 4.74 Å². The minimum Gasteiger partial charge on any atom is -0.472 e. The minimum atomic E-state index is 0.621. The lowest BCUT2D eigenvalue weighted by molar-refractivity contribution is 0.405. The Kier molecular flexibility index (Phi) is 2.13. The molecule has 0 saturated carbocycles. The molecule has 0 fully saturated rings. The van der Waals surface area contributed by atoms with Crippen LogP contribution in [-0.2, 0) is 0 Å². The highest BCUT2D eigenvalue weighted by molar-refractivity contribution is 7.18. The zero-order chi connectivity index (χ0) is 12.8. The topological polar surface area (TPSA) is 43.8 Å².